The monoisotopic (exact) mass is 261 g/mol. The van der Waals surface area contributed by atoms with Crippen LogP contribution in [-0.4, -0.2) is 23.3 Å². The van der Waals surface area contributed by atoms with Gasteiger partial charge in [-0.3, -0.25) is 0 Å². The molecule has 102 valence electrons. The summed E-state index contributed by atoms with van der Waals surface area (Å²) in [5.74, 6) is 2.05. The number of aryl methyl sites for hydroxylation is 1. The predicted octanol–water partition coefficient (Wildman–Crippen LogP) is 2.55. The van der Waals surface area contributed by atoms with Crippen LogP contribution in [0.3, 0.4) is 0 Å². The van der Waals surface area contributed by atoms with E-state index in [0.29, 0.717) is 24.3 Å². The van der Waals surface area contributed by atoms with Crippen LogP contribution in [0.15, 0.2) is 22.7 Å². The highest BCUT2D eigenvalue weighted by Crippen LogP contribution is 2.24. The van der Waals surface area contributed by atoms with Crippen molar-refractivity contribution in [3.63, 3.8) is 0 Å². The molecule has 0 aliphatic heterocycles. The minimum Gasteiger partial charge on any atom is -0.496 e. The van der Waals surface area contributed by atoms with Crippen LogP contribution in [0.4, 0.5) is 0 Å². The van der Waals surface area contributed by atoms with Gasteiger partial charge in [0, 0.05) is 11.6 Å². The quantitative estimate of drug-likeness (QED) is 0.896. The summed E-state index contributed by atoms with van der Waals surface area (Å²) >= 11 is 0. The topological polar surface area (TPSA) is 60.2 Å². The minimum atomic E-state index is 0.388. The zero-order chi connectivity index (χ0) is 13.8. The fourth-order valence-corrected chi connectivity index (χ4v) is 1.75. The van der Waals surface area contributed by atoms with Gasteiger partial charge in [0.15, 0.2) is 0 Å². The summed E-state index contributed by atoms with van der Waals surface area (Å²) in [5.41, 5.74) is 1.98. The van der Waals surface area contributed by atoms with E-state index in [1.54, 1.807) is 7.11 Å². The van der Waals surface area contributed by atoms with Crippen LogP contribution in [0.1, 0.15) is 25.3 Å². The summed E-state index contributed by atoms with van der Waals surface area (Å²) < 4.78 is 10.4. The zero-order valence-electron chi connectivity index (χ0n) is 11.7. The molecule has 2 aromatic rings. The third kappa shape index (κ3) is 3.32. The summed E-state index contributed by atoms with van der Waals surface area (Å²) in [6, 6.07) is 6.21. The van der Waals surface area contributed by atoms with Crippen molar-refractivity contribution in [2.24, 2.45) is 0 Å². The second kappa shape index (κ2) is 5.84. The summed E-state index contributed by atoms with van der Waals surface area (Å²) in [6.45, 7) is 6.72. The molecule has 0 amide bonds. The Morgan fingerprint density at radius 3 is 2.79 bits per heavy atom. The van der Waals surface area contributed by atoms with Gasteiger partial charge in [-0.25, -0.2) is 0 Å². The first kappa shape index (κ1) is 13.5. The number of rotatable bonds is 5. The Morgan fingerprint density at radius 1 is 1.37 bits per heavy atom. The lowest BCUT2D eigenvalue weighted by Crippen LogP contribution is -2.21. The third-order valence-electron chi connectivity index (χ3n) is 2.78. The Morgan fingerprint density at radius 2 is 2.16 bits per heavy atom. The molecular weight excluding hydrogens is 242 g/mol. The third-order valence-corrected chi connectivity index (χ3v) is 2.78. The molecule has 0 aliphatic rings. The molecule has 0 fully saturated rings. The molecule has 5 heteroatoms. The number of hydrogen-bond donors (Lipinski definition) is 1. The number of nitrogens with one attached hydrogen (secondary N) is 1. The van der Waals surface area contributed by atoms with Crippen molar-refractivity contribution >= 4 is 0 Å². The molecule has 0 unspecified atom stereocenters. The van der Waals surface area contributed by atoms with Crippen molar-refractivity contribution < 1.29 is 9.26 Å². The Kier molecular flexibility index (Phi) is 4.16. The van der Waals surface area contributed by atoms with Crippen LogP contribution in [0.2, 0.25) is 0 Å². The number of nitrogens with zero attached hydrogens (tertiary/aromatic N) is 2. The fraction of sp³-hybridized carbons (Fsp3) is 0.429. The highest BCUT2D eigenvalue weighted by atomic mass is 16.5. The zero-order valence-corrected chi connectivity index (χ0v) is 11.7. The Hall–Kier alpha value is -1.88. The van der Waals surface area contributed by atoms with Crippen LogP contribution in [0.5, 0.6) is 5.75 Å². The van der Waals surface area contributed by atoms with Gasteiger partial charge < -0.3 is 14.6 Å². The summed E-state index contributed by atoms with van der Waals surface area (Å²) in [4.78, 5) is 4.37. The molecule has 1 heterocycles. The molecule has 0 saturated carbocycles. The van der Waals surface area contributed by atoms with E-state index < -0.39 is 0 Å². The molecule has 19 heavy (non-hydrogen) atoms. The van der Waals surface area contributed by atoms with Crippen molar-refractivity contribution in [1.82, 2.24) is 15.5 Å². The second-order valence-electron chi connectivity index (χ2n) is 4.73. The standard InChI is InChI=1S/C14H19N3O2/c1-9(2)15-8-13-16-14(17-19-13)11-5-6-12(18-4)10(3)7-11/h5-7,9,15H,8H2,1-4H3. The lowest BCUT2D eigenvalue weighted by Gasteiger charge is -2.04. The first-order valence-corrected chi connectivity index (χ1v) is 6.31. The normalized spacial score (nSPS) is 11.0. The molecule has 0 aliphatic carbocycles. The van der Waals surface area contributed by atoms with E-state index in [-0.39, 0.29) is 0 Å². The Balaban J connectivity index is 2.16. The lowest BCUT2D eigenvalue weighted by molar-refractivity contribution is 0.362. The van der Waals surface area contributed by atoms with Crippen molar-refractivity contribution in [1.29, 1.82) is 0 Å². The van der Waals surface area contributed by atoms with Gasteiger partial charge in [-0.15, -0.1) is 0 Å². The highest BCUT2D eigenvalue weighted by Gasteiger charge is 2.10. The van der Waals surface area contributed by atoms with E-state index in [1.807, 2.05) is 25.1 Å². The second-order valence-corrected chi connectivity index (χ2v) is 4.73. The molecule has 0 saturated heterocycles. The maximum Gasteiger partial charge on any atom is 0.240 e. The number of hydrogen-bond acceptors (Lipinski definition) is 5. The van der Waals surface area contributed by atoms with E-state index in [1.165, 1.54) is 0 Å². The van der Waals surface area contributed by atoms with Gasteiger partial charge in [-0.1, -0.05) is 19.0 Å². The maximum atomic E-state index is 5.23. The first-order chi connectivity index (χ1) is 9.10. The van der Waals surface area contributed by atoms with Crippen molar-refractivity contribution in [2.75, 3.05) is 7.11 Å². The van der Waals surface area contributed by atoms with E-state index in [4.69, 9.17) is 9.26 Å². The molecule has 0 radical (unpaired) electrons. The highest BCUT2D eigenvalue weighted by molar-refractivity contribution is 5.58. The molecule has 0 atom stereocenters. The van der Waals surface area contributed by atoms with Gasteiger partial charge in [0.05, 0.1) is 13.7 Å². The summed E-state index contributed by atoms with van der Waals surface area (Å²) in [6.07, 6.45) is 0. The van der Waals surface area contributed by atoms with E-state index in [9.17, 15) is 0 Å². The lowest BCUT2D eigenvalue weighted by atomic mass is 10.1. The average molecular weight is 261 g/mol. The largest absolute Gasteiger partial charge is 0.496 e. The summed E-state index contributed by atoms with van der Waals surface area (Å²) in [5, 5.41) is 7.23. The molecule has 2 rings (SSSR count). The molecule has 1 aromatic carbocycles. The molecule has 0 bridgehead atoms. The SMILES string of the molecule is COc1ccc(-c2noc(CNC(C)C)n2)cc1C. The molecule has 5 nitrogen and oxygen atoms in total. The van der Waals surface area contributed by atoms with Gasteiger partial charge in [-0.2, -0.15) is 4.98 Å². The number of methoxy groups -OCH3 is 1. The van der Waals surface area contributed by atoms with Crippen molar-refractivity contribution in [2.45, 2.75) is 33.4 Å². The van der Waals surface area contributed by atoms with Crippen LogP contribution < -0.4 is 10.1 Å². The predicted molar refractivity (Wildman–Crippen MR) is 73.0 cm³/mol. The van der Waals surface area contributed by atoms with Gasteiger partial charge in [-0.05, 0) is 30.7 Å². The van der Waals surface area contributed by atoms with Crippen LogP contribution in [0.25, 0.3) is 11.4 Å². The van der Waals surface area contributed by atoms with Crippen LogP contribution in [-0.2, 0) is 6.54 Å². The van der Waals surface area contributed by atoms with E-state index in [0.717, 1.165) is 16.9 Å². The van der Waals surface area contributed by atoms with Gasteiger partial charge >= 0.3 is 0 Å². The molecular formula is C14H19N3O2. The Bertz CT molecular complexity index is 549. The van der Waals surface area contributed by atoms with E-state index >= 15 is 0 Å². The van der Waals surface area contributed by atoms with Gasteiger partial charge in [0.1, 0.15) is 5.75 Å². The van der Waals surface area contributed by atoms with Gasteiger partial charge in [0.25, 0.3) is 0 Å². The Labute approximate surface area is 113 Å². The van der Waals surface area contributed by atoms with E-state index in [2.05, 4.69) is 29.3 Å². The maximum absolute atomic E-state index is 5.23. The first-order valence-electron chi connectivity index (χ1n) is 6.31. The van der Waals surface area contributed by atoms with Crippen molar-refractivity contribution in [3.05, 3.63) is 29.7 Å². The number of ether oxygens (including phenoxy) is 1. The number of benzene rings is 1. The number of aromatic nitrogens is 2. The summed E-state index contributed by atoms with van der Waals surface area (Å²) in [7, 11) is 1.66. The smallest absolute Gasteiger partial charge is 0.240 e. The molecule has 0 spiro atoms. The molecule has 1 N–H and O–H groups in total. The molecule has 1 aromatic heterocycles. The fourth-order valence-electron chi connectivity index (χ4n) is 1.75. The van der Waals surface area contributed by atoms with Gasteiger partial charge in [0.2, 0.25) is 11.7 Å². The van der Waals surface area contributed by atoms with Crippen LogP contribution >= 0.6 is 0 Å². The average Bonchev–Trinajstić information content (AvgIpc) is 2.85. The van der Waals surface area contributed by atoms with Crippen LogP contribution in [0, 0.1) is 6.92 Å². The minimum absolute atomic E-state index is 0.388. The van der Waals surface area contributed by atoms with Crippen molar-refractivity contribution in [3.8, 4) is 17.1 Å².